The van der Waals surface area contributed by atoms with Gasteiger partial charge in [0, 0.05) is 22.9 Å². The maximum absolute atomic E-state index is 10.7. The molecule has 0 aliphatic rings. The van der Waals surface area contributed by atoms with Crippen molar-refractivity contribution in [2.75, 3.05) is 0 Å². The van der Waals surface area contributed by atoms with Gasteiger partial charge >= 0.3 is 0 Å². The van der Waals surface area contributed by atoms with Crippen LogP contribution in [0.4, 0.5) is 0 Å². The lowest BCUT2D eigenvalue weighted by Crippen LogP contribution is -1.89. The number of hydrogen-bond donors (Lipinski definition) is 0. The molecule has 0 saturated heterocycles. The average molecular weight is 287 g/mol. The number of pyridine rings is 1. The number of nitrogens with zero attached hydrogens (tertiary/aromatic N) is 1. The third-order valence-electron chi connectivity index (χ3n) is 2.24. The van der Waals surface area contributed by atoms with E-state index in [0.29, 0.717) is 33.0 Å². The van der Waals surface area contributed by atoms with Gasteiger partial charge in [0.15, 0.2) is 6.29 Å². The number of carbonyl (C=O) groups excluding carboxylic acids is 1. The Bertz CT molecular complexity index is 584. The van der Waals surface area contributed by atoms with Crippen LogP contribution in [-0.2, 0) is 0 Å². The molecule has 0 saturated carbocycles. The van der Waals surface area contributed by atoms with E-state index in [4.69, 9.17) is 34.8 Å². The third-order valence-corrected chi connectivity index (χ3v) is 3.36. The fraction of sp³-hybridized carbons (Fsp3) is 0. The van der Waals surface area contributed by atoms with Gasteiger partial charge in [0.2, 0.25) is 0 Å². The highest BCUT2D eigenvalue weighted by molar-refractivity contribution is 6.44. The lowest BCUT2D eigenvalue weighted by Gasteiger charge is -2.07. The fourth-order valence-corrected chi connectivity index (χ4v) is 2.04. The van der Waals surface area contributed by atoms with Crippen molar-refractivity contribution in [3.63, 3.8) is 0 Å². The van der Waals surface area contributed by atoms with E-state index in [2.05, 4.69) is 4.98 Å². The first kappa shape index (κ1) is 12.4. The summed E-state index contributed by atoms with van der Waals surface area (Å²) in [5.74, 6) is 0. The Kier molecular flexibility index (Phi) is 3.67. The summed E-state index contributed by atoms with van der Waals surface area (Å²) in [6.07, 6.45) is 2.10. The van der Waals surface area contributed by atoms with Crippen LogP contribution in [0.3, 0.4) is 0 Å². The summed E-state index contributed by atoms with van der Waals surface area (Å²) in [5, 5.41) is 1.09. The van der Waals surface area contributed by atoms with Crippen LogP contribution in [0.5, 0.6) is 0 Å². The first-order chi connectivity index (χ1) is 8.13. The van der Waals surface area contributed by atoms with Crippen LogP contribution in [0.1, 0.15) is 10.4 Å². The van der Waals surface area contributed by atoms with Crippen molar-refractivity contribution < 1.29 is 4.79 Å². The van der Waals surface area contributed by atoms with E-state index in [1.165, 1.54) is 6.20 Å². The minimum Gasteiger partial charge on any atom is -0.298 e. The number of rotatable bonds is 2. The first-order valence-electron chi connectivity index (χ1n) is 4.68. The van der Waals surface area contributed by atoms with Crippen LogP contribution < -0.4 is 0 Å². The Hall–Kier alpha value is -1.09. The predicted molar refractivity (Wildman–Crippen MR) is 70.1 cm³/mol. The molecular weight excluding hydrogens is 280 g/mol. The molecule has 17 heavy (non-hydrogen) atoms. The van der Waals surface area contributed by atoms with Gasteiger partial charge in [-0.3, -0.25) is 4.79 Å². The lowest BCUT2D eigenvalue weighted by molar-refractivity contribution is 0.112. The molecule has 0 spiro atoms. The van der Waals surface area contributed by atoms with E-state index in [-0.39, 0.29) is 5.15 Å². The molecule has 0 atom stereocenters. The summed E-state index contributed by atoms with van der Waals surface area (Å²) in [4.78, 5) is 14.6. The molecule has 2 aromatic rings. The van der Waals surface area contributed by atoms with E-state index in [9.17, 15) is 4.79 Å². The second kappa shape index (κ2) is 5.05. The molecule has 0 amide bonds. The summed E-state index contributed by atoms with van der Waals surface area (Å²) >= 11 is 18.0. The molecule has 1 aromatic heterocycles. The van der Waals surface area contributed by atoms with Crippen molar-refractivity contribution in [1.29, 1.82) is 0 Å². The molecule has 0 unspecified atom stereocenters. The summed E-state index contributed by atoms with van der Waals surface area (Å²) < 4.78 is 0. The van der Waals surface area contributed by atoms with Crippen LogP contribution in [0.15, 0.2) is 30.5 Å². The van der Waals surface area contributed by atoms with Crippen LogP contribution in [0.25, 0.3) is 11.1 Å². The third kappa shape index (κ3) is 2.44. The van der Waals surface area contributed by atoms with Crippen molar-refractivity contribution in [1.82, 2.24) is 4.98 Å². The van der Waals surface area contributed by atoms with Gasteiger partial charge in [-0.05, 0) is 12.1 Å². The Morgan fingerprint density at radius 2 is 1.88 bits per heavy atom. The normalized spacial score (nSPS) is 10.3. The average Bonchev–Trinajstić information content (AvgIpc) is 2.34. The van der Waals surface area contributed by atoms with Crippen LogP contribution in [0, 0.1) is 0 Å². The largest absolute Gasteiger partial charge is 0.298 e. The molecule has 2 rings (SSSR count). The van der Waals surface area contributed by atoms with Gasteiger partial charge in [-0.2, -0.15) is 0 Å². The number of hydrogen-bond acceptors (Lipinski definition) is 2. The van der Waals surface area contributed by atoms with Gasteiger partial charge in [-0.1, -0.05) is 46.9 Å². The molecule has 1 heterocycles. The van der Waals surface area contributed by atoms with Gasteiger partial charge < -0.3 is 0 Å². The monoisotopic (exact) mass is 285 g/mol. The standard InChI is InChI=1S/C12H6Cl3NO/c13-10-3-1-2-8(11(10)14)9-4-7(6-17)5-16-12(9)15/h1-6H. The van der Waals surface area contributed by atoms with Gasteiger partial charge in [-0.15, -0.1) is 0 Å². The summed E-state index contributed by atoms with van der Waals surface area (Å²) in [5.41, 5.74) is 1.67. The Balaban J connectivity index is 2.67. The topological polar surface area (TPSA) is 30.0 Å². The van der Waals surface area contributed by atoms with E-state index < -0.39 is 0 Å². The molecule has 0 aliphatic heterocycles. The Morgan fingerprint density at radius 3 is 2.59 bits per heavy atom. The minimum atomic E-state index is 0.278. The smallest absolute Gasteiger partial charge is 0.151 e. The van der Waals surface area contributed by atoms with Gasteiger partial charge in [0.25, 0.3) is 0 Å². The molecule has 2 nitrogen and oxygen atoms in total. The zero-order valence-electron chi connectivity index (χ0n) is 8.45. The molecule has 0 bridgehead atoms. The molecule has 0 N–H and O–H groups in total. The predicted octanol–water partition coefficient (Wildman–Crippen LogP) is 4.52. The maximum Gasteiger partial charge on any atom is 0.151 e. The number of aldehydes is 1. The van der Waals surface area contributed by atoms with E-state index in [0.717, 1.165) is 0 Å². The molecule has 0 fully saturated rings. The Labute approximate surface area is 113 Å². The van der Waals surface area contributed by atoms with Crippen molar-refractivity contribution >= 4 is 41.1 Å². The van der Waals surface area contributed by atoms with Crippen LogP contribution >= 0.6 is 34.8 Å². The number of aromatic nitrogens is 1. The number of benzene rings is 1. The van der Waals surface area contributed by atoms with Gasteiger partial charge in [0.05, 0.1) is 10.0 Å². The summed E-state index contributed by atoms with van der Waals surface area (Å²) in [6.45, 7) is 0. The molecular formula is C12H6Cl3NO. The molecule has 0 radical (unpaired) electrons. The first-order valence-corrected chi connectivity index (χ1v) is 5.82. The summed E-state index contributed by atoms with van der Waals surface area (Å²) in [7, 11) is 0. The van der Waals surface area contributed by atoms with Crippen LogP contribution in [0.2, 0.25) is 15.2 Å². The van der Waals surface area contributed by atoms with Crippen molar-refractivity contribution in [2.45, 2.75) is 0 Å². The van der Waals surface area contributed by atoms with Gasteiger partial charge in [0.1, 0.15) is 5.15 Å². The van der Waals surface area contributed by atoms with Crippen molar-refractivity contribution in [3.8, 4) is 11.1 Å². The second-order valence-corrected chi connectivity index (χ2v) is 4.47. The number of carbonyl (C=O) groups is 1. The highest BCUT2D eigenvalue weighted by atomic mass is 35.5. The molecule has 5 heteroatoms. The van der Waals surface area contributed by atoms with E-state index in [1.807, 2.05) is 0 Å². The molecule has 1 aromatic carbocycles. The molecule has 86 valence electrons. The maximum atomic E-state index is 10.7. The highest BCUT2D eigenvalue weighted by Crippen LogP contribution is 2.36. The van der Waals surface area contributed by atoms with Crippen molar-refractivity contribution in [3.05, 3.63) is 51.2 Å². The quantitative estimate of drug-likeness (QED) is 0.600. The SMILES string of the molecule is O=Cc1cnc(Cl)c(-c2cccc(Cl)c2Cl)c1. The van der Waals surface area contributed by atoms with E-state index >= 15 is 0 Å². The minimum absolute atomic E-state index is 0.278. The van der Waals surface area contributed by atoms with Crippen molar-refractivity contribution in [2.24, 2.45) is 0 Å². The Morgan fingerprint density at radius 1 is 1.12 bits per heavy atom. The van der Waals surface area contributed by atoms with E-state index in [1.54, 1.807) is 24.3 Å². The zero-order chi connectivity index (χ0) is 12.4. The molecule has 0 aliphatic carbocycles. The highest BCUT2D eigenvalue weighted by Gasteiger charge is 2.11. The lowest BCUT2D eigenvalue weighted by atomic mass is 10.1. The summed E-state index contributed by atoms with van der Waals surface area (Å²) in [6, 6.07) is 6.83. The number of halogens is 3. The zero-order valence-corrected chi connectivity index (χ0v) is 10.7. The van der Waals surface area contributed by atoms with Crippen LogP contribution in [-0.4, -0.2) is 11.3 Å². The fourth-order valence-electron chi connectivity index (χ4n) is 1.43. The second-order valence-electron chi connectivity index (χ2n) is 3.33. The van der Waals surface area contributed by atoms with Gasteiger partial charge in [-0.25, -0.2) is 4.98 Å².